The maximum atomic E-state index is 14.1. The summed E-state index contributed by atoms with van der Waals surface area (Å²) >= 11 is 7.83. The highest BCUT2D eigenvalue weighted by Gasteiger charge is 2.39. The van der Waals surface area contributed by atoms with Crippen LogP contribution in [0.15, 0.2) is 54.6 Å². The molecule has 0 aromatic heterocycles. The van der Waals surface area contributed by atoms with Gasteiger partial charge in [0, 0.05) is 30.9 Å². The highest BCUT2D eigenvalue weighted by molar-refractivity contribution is 7.80. The fourth-order valence-corrected chi connectivity index (χ4v) is 5.90. The lowest BCUT2D eigenvalue weighted by molar-refractivity contribution is -0.142. The molecule has 1 aliphatic rings. The van der Waals surface area contributed by atoms with Gasteiger partial charge in [0.15, 0.2) is 0 Å². The molecule has 7 amide bonds. The Hall–Kier alpha value is -5.34. The summed E-state index contributed by atoms with van der Waals surface area (Å²) in [6.07, 6.45) is 0.641. The van der Waals surface area contributed by atoms with Gasteiger partial charge in [-0.15, -0.1) is 0 Å². The number of nitrogens with zero attached hydrogens (tertiary/aromatic N) is 1. The third-order valence-corrected chi connectivity index (χ3v) is 9.16. The predicted molar refractivity (Wildman–Crippen MR) is 205 cm³/mol. The lowest BCUT2D eigenvalue weighted by atomic mass is 10.0. The summed E-state index contributed by atoms with van der Waals surface area (Å²) in [6.45, 7) is -1.40. The van der Waals surface area contributed by atoms with Crippen molar-refractivity contribution in [3.63, 3.8) is 0 Å². The minimum absolute atomic E-state index is 0.0270. The zero-order valence-electron chi connectivity index (χ0n) is 29.7. The van der Waals surface area contributed by atoms with Crippen molar-refractivity contribution in [1.82, 2.24) is 36.8 Å². The predicted octanol–water partition coefficient (Wildman–Crippen LogP) is -2.76. The number of rotatable bonds is 20. The second-order valence-electron chi connectivity index (χ2n) is 12.6. The van der Waals surface area contributed by atoms with Gasteiger partial charge in [-0.3, -0.25) is 33.6 Å². The molecular weight excluding hydrogens is 757 g/mol. The average molecular weight is 803 g/mol. The number of likely N-dealkylation sites (tertiary alicyclic amines) is 1. The Morgan fingerprint density at radius 2 is 1.27 bits per heavy atom. The first-order valence-corrected chi connectivity index (χ1v) is 18.5. The van der Waals surface area contributed by atoms with Gasteiger partial charge >= 0.3 is 5.97 Å². The van der Waals surface area contributed by atoms with Crippen LogP contribution in [0.25, 0.3) is 0 Å². The van der Waals surface area contributed by atoms with Crippen LogP contribution in [0, 0.1) is 0 Å². The molecule has 0 spiro atoms. The molecule has 0 saturated carbocycles. The standard InChI is InChI=1S/C35H46N8O10S2/c36-23(18-54)31(48)38-15-28(45)37-16-29(46)40-25(14-20-5-2-1-3-6-20)34(51)43-12-4-7-27(43)33(50)42-24(13-21-8-10-22(44)11-9-21)32(49)39-17-30(47)41-26(19-55)35(52)53/h1-3,5-6,8-11,23-27,44,54-55H,4,7,12-19,36H2,(H,37,45)(H,38,48)(H,39,49)(H,40,46)(H,41,47)(H,42,50)(H,52,53)/t23-,24-,25-,26-,27-/m0/s1. The molecule has 1 aliphatic heterocycles. The smallest absolute Gasteiger partial charge is 0.327 e. The quantitative estimate of drug-likeness (QED) is 0.0611. The van der Waals surface area contributed by atoms with Crippen molar-refractivity contribution in [1.29, 1.82) is 0 Å². The van der Waals surface area contributed by atoms with Gasteiger partial charge in [0.05, 0.1) is 25.7 Å². The van der Waals surface area contributed by atoms with Crippen LogP contribution in [0.2, 0.25) is 0 Å². The Balaban J connectivity index is 1.73. The van der Waals surface area contributed by atoms with Gasteiger partial charge in [-0.2, -0.15) is 25.3 Å². The number of hydrogen-bond acceptors (Lipinski definition) is 12. The van der Waals surface area contributed by atoms with E-state index in [4.69, 9.17) is 5.73 Å². The number of hydrogen-bond donors (Lipinski definition) is 11. The minimum Gasteiger partial charge on any atom is -0.508 e. The average Bonchev–Trinajstić information content (AvgIpc) is 3.67. The summed E-state index contributed by atoms with van der Waals surface area (Å²) < 4.78 is 0. The van der Waals surface area contributed by atoms with Crippen molar-refractivity contribution in [3.05, 3.63) is 65.7 Å². The highest BCUT2D eigenvalue weighted by atomic mass is 32.1. The fourth-order valence-electron chi connectivity index (χ4n) is 5.49. The molecule has 2 aromatic rings. The number of thiol groups is 2. The van der Waals surface area contributed by atoms with Gasteiger partial charge < -0.3 is 52.7 Å². The first-order valence-electron chi connectivity index (χ1n) is 17.3. The van der Waals surface area contributed by atoms with Gasteiger partial charge in [-0.1, -0.05) is 42.5 Å². The molecule has 5 atom stereocenters. The van der Waals surface area contributed by atoms with Crippen molar-refractivity contribution >= 4 is 72.6 Å². The van der Waals surface area contributed by atoms with E-state index in [1.807, 2.05) is 0 Å². The molecule has 1 heterocycles. The molecule has 10 N–H and O–H groups in total. The van der Waals surface area contributed by atoms with Gasteiger partial charge in [0.25, 0.3) is 0 Å². The maximum absolute atomic E-state index is 14.1. The van der Waals surface area contributed by atoms with Crippen LogP contribution in [0.1, 0.15) is 24.0 Å². The van der Waals surface area contributed by atoms with Gasteiger partial charge in [0.2, 0.25) is 41.4 Å². The third kappa shape index (κ3) is 14.4. The molecule has 3 rings (SSSR count). The number of benzene rings is 2. The number of carbonyl (C=O) groups is 8. The first kappa shape index (κ1) is 44.1. The fraction of sp³-hybridized carbons (Fsp3) is 0.429. The van der Waals surface area contributed by atoms with Crippen molar-refractivity contribution < 1.29 is 48.6 Å². The topological polar surface area (TPSA) is 278 Å². The number of aromatic hydroxyl groups is 1. The van der Waals surface area contributed by atoms with E-state index in [1.165, 1.54) is 17.0 Å². The molecule has 0 unspecified atom stereocenters. The molecule has 1 fully saturated rings. The zero-order valence-corrected chi connectivity index (χ0v) is 31.5. The third-order valence-electron chi connectivity index (χ3n) is 8.41. The Morgan fingerprint density at radius 1 is 0.709 bits per heavy atom. The Bertz CT molecular complexity index is 1680. The van der Waals surface area contributed by atoms with E-state index >= 15 is 0 Å². The lowest BCUT2D eigenvalue weighted by Gasteiger charge is -2.30. The molecule has 20 heteroatoms. The van der Waals surface area contributed by atoms with Crippen LogP contribution < -0.4 is 37.6 Å². The van der Waals surface area contributed by atoms with E-state index in [2.05, 4.69) is 57.2 Å². The normalized spacial score (nSPS) is 15.7. The molecule has 0 bridgehead atoms. The number of aliphatic carboxylic acids is 1. The number of phenolic OH excluding ortho intramolecular Hbond substituents is 1. The molecule has 0 radical (unpaired) electrons. The Morgan fingerprint density at radius 3 is 1.89 bits per heavy atom. The molecule has 55 heavy (non-hydrogen) atoms. The van der Waals surface area contributed by atoms with E-state index in [0.29, 0.717) is 17.5 Å². The molecule has 1 saturated heterocycles. The Kier molecular flexibility index (Phi) is 17.7. The number of carboxylic acids is 1. The van der Waals surface area contributed by atoms with E-state index in [1.54, 1.807) is 42.5 Å². The number of nitrogens with one attached hydrogen (secondary N) is 6. The second kappa shape index (κ2) is 22.1. The number of carbonyl (C=O) groups excluding carboxylic acids is 7. The van der Waals surface area contributed by atoms with Crippen LogP contribution in [-0.2, 0) is 51.2 Å². The maximum Gasteiger partial charge on any atom is 0.327 e. The van der Waals surface area contributed by atoms with Crippen LogP contribution >= 0.6 is 25.3 Å². The summed E-state index contributed by atoms with van der Waals surface area (Å²) in [5.74, 6) is -6.27. The van der Waals surface area contributed by atoms with E-state index in [0.717, 1.165) is 0 Å². The van der Waals surface area contributed by atoms with E-state index < -0.39 is 97.2 Å². The van der Waals surface area contributed by atoms with Crippen LogP contribution in [-0.4, -0.2) is 130 Å². The summed E-state index contributed by atoms with van der Waals surface area (Å²) in [6, 6.07) is 9.01. The van der Waals surface area contributed by atoms with Gasteiger partial charge in [0.1, 0.15) is 29.9 Å². The molecule has 0 aliphatic carbocycles. The monoisotopic (exact) mass is 802 g/mol. The number of nitrogens with two attached hydrogens (primary N) is 1. The van der Waals surface area contributed by atoms with E-state index in [9.17, 15) is 48.6 Å². The molecule has 18 nitrogen and oxygen atoms in total. The molecular formula is C35H46N8O10S2. The number of amides is 7. The van der Waals surface area contributed by atoms with Crippen LogP contribution in [0.3, 0.4) is 0 Å². The number of carboxylic acid groups (broad SMARTS) is 1. The summed E-state index contributed by atoms with van der Waals surface area (Å²) in [5, 5.41) is 33.5. The molecule has 2 aromatic carbocycles. The minimum atomic E-state index is -1.31. The first-order chi connectivity index (χ1) is 26.2. The van der Waals surface area contributed by atoms with Crippen LogP contribution in [0.5, 0.6) is 5.75 Å². The van der Waals surface area contributed by atoms with Gasteiger partial charge in [-0.05, 0) is 36.1 Å². The zero-order chi connectivity index (χ0) is 40.5. The second-order valence-corrected chi connectivity index (χ2v) is 13.3. The van der Waals surface area contributed by atoms with Crippen molar-refractivity contribution in [3.8, 4) is 5.75 Å². The summed E-state index contributed by atoms with van der Waals surface area (Å²) in [7, 11) is 0. The molecule has 298 valence electrons. The van der Waals surface area contributed by atoms with Crippen molar-refractivity contribution in [2.24, 2.45) is 5.73 Å². The summed E-state index contributed by atoms with van der Waals surface area (Å²) in [4.78, 5) is 103. The highest BCUT2D eigenvalue weighted by Crippen LogP contribution is 2.21. The Labute approximate surface area is 327 Å². The summed E-state index contributed by atoms with van der Waals surface area (Å²) in [5.41, 5.74) is 6.82. The van der Waals surface area contributed by atoms with Gasteiger partial charge in [-0.25, -0.2) is 4.79 Å². The SMILES string of the molecule is N[C@@H](CS)C(=O)NCC(=O)NCC(=O)N[C@@H](Cc1ccccc1)C(=O)N1CCC[C@H]1C(=O)N[C@@H](Cc1ccc(O)cc1)C(=O)NCC(=O)N[C@@H](CS)C(=O)O. The number of phenols is 1. The lowest BCUT2D eigenvalue weighted by Crippen LogP contribution is -2.58. The van der Waals surface area contributed by atoms with Crippen LogP contribution in [0.4, 0.5) is 0 Å². The van der Waals surface area contributed by atoms with Crippen molar-refractivity contribution in [2.45, 2.75) is 55.9 Å². The largest absolute Gasteiger partial charge is 0.508 e. The van der Waals surface area contributed by atoms with Crippen molar-refractivity contribution in [2.75, 3.05) is 37.7 Å². The van der Waals surface area contributed by atoms with E-state index in [-0.39, 0.29) is 43.1 Å².